The summed E-state index contributed by atoms with van der Waals surface area (Å²) >= 11 is 0. The van der Waals surface area contributed by atoms with E-state index in [4.69, 9.17) is 4.74 Å². The molecular weight excluding hydrogens is 605 g/mol. The van der Waals surface area contributed by atoms with Crippen LogP contribution in [0.4, 0.5) is 10.1 Å². The number of benzene rings is 4. The Bertz CT molecular complexity index is 1680. The molecule has 0 aromatic heterocycles. The van der Waals surface area contributed by atoms with Crippen molar-refractivity contribution in [1.82, 2.24) is 10.2 Å². The summed E-state index contributed by atoms with van der Waals surface area (Å²) in [7, 11) is -4.27. The molecule has 242 valence electrons. The Kier molecular flexibility index (Phi) is 11.9. The summed E-state index contributed by atoms with van der Waals surface area (Å²) in [5.74, 6) is -0.984. The highest BCUT2D eigenvalue weighted by Gasteiger charge is 2.35. The van der Waals surface area contributed by atoms with E-state index in [1.54, 1.807) is 61.5 Å². The minimum absolute atomic E-state index is 0.00491. The number of sulfonamides is 1. The third kappa shape index (κ3) is 8.94. The van der Waals surface area contributed by atoms with Crippen molar-refractivity contribution < 1.29 is 27.1 Å². The second-order valence-electron chi connectivity index (χ2n) is 11.2. The molecule has 4 aromatic carbocycles. The van der Waals surface area contributed by atoms with E-state index in [2.05, 4.69) is 5.32 Å². The number of para-hydroxylation sites is 2. The van der Waals surface area contributed by atoms with Gasteiger partial charge in [-0.15, -0.1) is 0 Å². The number of nitrogens with zero attached hydrogens (tertiary/aromatic N) is 2. The number of ether oxygens (including phenoxy) is 1. The molecular formula is C36H40FN3O5S. The van der Waals surface area contributed by atoms with Gasteiger partial charge in [0.1, 0.15) is 24.2 Å². The highest BCUT2D eigenvalue weighted by Crippen LogP contribution is 2.33. The number of rotatable bonds is 15. The van der Waals surface area contributed by atoms with E-state index in [1.165, 1.54) is 29.2 Å². The molecule has 1 atom stereocenters. The first-order valence-electron chi connectivity index (χ1n) is 15.2. The summed E-state index contributed by atoms with van der Waals surface area (Å²) in [6.45, 7) is 5.71. The molecule has 0 saturated carbocycles. The van der Waals surface area contributed by atoms with E-state index < -0.39 is 34.3 Å². The number of nitrogens with one attached hydrogen (secondary N) is 1. The summed E-state index contributed by atoms with van der Waals surface area (Å²) in [5, 5.41) is 2.95. The molecule has 0 spiro atoms. The molecule has 1 N–H and O–H groups in total. The Morgan fingerprint density at radius 2 is 1.43 bits per heavy atom. The molecule has 10 heteroatoms. The molecule has 0 radical (unpaired) electrons. The number of hydrogen-bond donors (Lipinski definition) is 1. The van der Waals surface area contributed by atoms with E-state index in [0.29, 0.717) is 12.1 Å². The van der Waals surface area contributed by atoms with Crippen LogP contribution in [0.2, 0.25) is 0 Å². The van der Waals surface area contributed by atoms with Gasteiger partial charge in [0.05, 0.1) is 17.2 Å². The Hall–Kier alpha value is -4.70. The molecule has 2 amide bonds. The second kappa shape index (κ2) is 16.0. The lowest BCUT2D eigenvalue weighted by atomic mass is 10.0. The Morgan fingerprint density at radius 3 is 2.07 bits per heavy atom. The quantitative estimate of drug-likeness (QED) is 0.176. The summed E-state index contributed by atoms with van der Waals surface area (Å²) < 4.78 is 49.1. The van der Waals surface area contributed by atoms with Gasteiger partial charge in [0.2, 0.25) is 11.8 Å². The zero-order valence-electron chi connectivity index (χ0n) is 26.3. The molecule has 0 fully saturated rings. The Labute approximate surface area is 270 Å². The minimum Gasteiger partial charge on any atom is -0.492 e. The van der Waals surface area contributed by atoms with Crippen molar-refractivity contribution in [3.63, 3.8) is 0 Å². The van der Waals surface area contributed by atoms with Crippen LogP contribution in [0.1, 0.15) is 31.9 Å². The topological polar surface area (TPSA) is 96.0 Å². The van der Waals surface area contributed by atoms with E-state index >= 15 is 0 Å². The molecule has 4 rings (SSSR count). The lowest BCUT2D eigenvalue weighted by Crippen LogP contribution is -2.53. The number of anilines is 1. The van der Waals surface area contributed by atoms with Crippen molar-refractivity contribution >= 4 is 27.5 Å². The van der Waals surface area contributed by atoms with Crippen LogP contribution in [0.25, 0.3) is 0 Å². The molecule has 1 unspecified atom stereocenters. The molecule has 0 saturated heterocycles. The van der Waals surface area contributed by atoms with Crippen LogP contribution in [0, 0.1) is 11.7 Å². The van der Waals surface area contributed by atoms with E-state index in [9.17, 15) is 22.4 Å². The van der Waals surface area contributed by atoms with Gasteiger partial charge in [-0.3, -0.25) is 13.9 Å². The average molecular weight is 646 g/mol. The van der Waals surface area contributed by atoms with Gasteiger partial charge in [-0.25, -0.2) is 12.8 Å². The molecule has 46 heavy (non-hydrogen) atoms. The van der Waals surface area contributed by atoms with Crippen molar-refractivity contribution in [2.45, 2.75) is 44.7 Å². The van der Waals surface area contributed by atoms with Gasteiger partial charge < -0.3 is 15.0 Å². The lowest BCUT2D eigenvalue weighted by Gasteiger charge is -2.34. The largest absolute Gasteiger partial charge is 0.492 e. The number of halogens is 1. The number of carbonyl (C=O) groups is 2. The van der Waals surface area contributed by atoms with Gasteiger partial charge >= 0.3 is 0 Å². The first-order valence-corrected chi connectivity index (χ1v) is 16.7. The number of amides is 2. The summed E-state index contributed by atoms with van der Waals surface area (Å²) in [4.78, 5) is 29.8. The monoisotopic (exact) mass is 645 g/mol. The number of carbonyl (C=O) groups excluding carboxylic acids is 2. The normalized spacial score (nSPS) is 11.9. The highest BCUT2D eigenvalue weighted by atomic mass is 32.2. The fraction of sp³-hybridized carbons (Fsp3) is 0.278. The zero-order valence-corrected chi connectivity index (χ0v) is 27.1. The van der Waals surface area contributed by atoms with E-state index in [-0.39, 0.29) is 47.7 Å². The molecule has 0 aliphatic heterocycles. The lowest BCUT2D eigenvalue weighted by molar-refractivity contribution is -0.140. The Balaban J connectivity index is 1.82. The van der Waals surface area contributed by atoms with Gasteiger partial charge in [0.25, 0.3) is 10.0 Å². The van der Waals surface area contributed by atoms with Crippen molar-refractivity contribution in [2.24, 2.45) is 5.92 Å². The van der Waals surface area contributed by atoms with Crippen LogP contribution in [0.5, 0.6) is 5.75 Å². The first kappa shape index (κ1) is 34.2. The van der Waals surface area contributed by atoms with Gasteiger partial charge in [-0.2, -0.15) is 0 Å². The summed E-state index contributed by atoms with van der Waals surface area (Å²) in [6.07, 6.45) is 0.179. The van der Waals surface area contributed by atoms with Crippen molar-refractivity contribution in [1.29, 1.82) is 0 Å². The van der Waals surface area contributed by atoms with Gasteiger partial charge in [0.15, 0.2) is 0 Å². The van der Waals surface area contributed by atoms with Crippen LogP contribution in [-0.2, 0) is 32.6 Å². The molecule has 0 bridgehead atoms. The maximum Gasteiger partial charge on any atom is 0.264 e. The maximum absolute atomic E-state index is 14.5. The second-order valence-corrected chi connectivity index (χ2v) is 13.1. The predicted octanol–water partition coefficient (Wildman–Crippen LogP) is 5.83. The van der Waals surface area contributed by atoms with Crippen LogP contribution in [-0.4, -0.2) is 50.9 Å². The molecule has 8 nitrogen and oxygen atoms in total. The standard InChI is InChI=1S/C36H40FN3O5S/c1-4-45-34-18-12-11-17-32(34)40(46(43,44)31-15-9-6-10-16-31)26-35(41)39(25-29-19-21-30(37)22-20-29)33(36(42)38-24-27(2)3)23-28-13-7-5-8-14-28/h5-22,27,33H,4,23-26H2,1-3H3,(H,38,42). The van der Waals surface area contributed by atoms with Crippen molar-refractivity contribution in [3.05, 3.63) is 126 Å². The van der Waals surface area contributed by atoms with E-state index in [0.717, 1.165) is 9.87 Å². The smallest absolute Gasteiger partial charge is 0.264 e. The van der Waals surface area contributed by atoms with Crippen LogP contribution in [0.15, 0.2) is 114 Å². The third-order valence-corrected chi connectivity index (χ3v) is 9.04. The molecule has 4 aromatic rings. The maximum atomic E-state index is 14.5. The number of hydrogen-bond acceptors (Lipinski definition) is 5. The van der Waals surface area contributed by atoms with Crippen molar-refractivity contribution in [2.75, 3.05) is 24.0 Å². The van der Waals surface area contributed by atoms with Crippen LogP contribution < -0.4 is 14.4 Å². The Morgan fingerprint density at radius 1 is 0.826 bits per heavy atom. The molecule has 0 heterocycles. The fourth-order valence-corrected chi connectivity index (χ4v) is 6.38. The van der Waals surface area contributed by atoms with E-state index in [1.807, 2.05) is 44.2 Å². The SMILES string of the molecule is CCOc1ccccc1N(CC(=O)N(Cc1ccc(F)cc1)C(Cc1ccccc1)C(=O)NCC(C)C)S(=O)(=O)c1ccccc1. The predicted molar refractivity (Wildman–Crippen MR) is 177 cm³/mol. The van der Waals surface area contributed by atoms with Gasteiger partial charge in [-0.05, 0) is 60.4 Å². The third-order valence-electron chi connectivity index (χ3n) is 7.27. The minimum atomic E-state index is -4.27. The fourth-order valence-electron chi connectivity index (χ4n) is 4.94. The first-order chi connectivity index (χ1) is 22.1. The average Bonchev–Trinajstić information content (AvgIpc) is 3.06. The van der Waals surface area contributed by atoms with Crippen LogP contribution in [0.3, 0.4) is 0 Å². The zero-order chi connectivity index (χ0) is 33.1. The molecule has 0 aliphatic rings. The summed E-state index contributed by atoms with van der Waals surface area (Å²) in [6, 6.07) is 28.4. The van der Waals surface area contributed by atoms with Crippen molar-refractivity contribution in [3.8, 4) is 5.75 Å². The summed E-state index contributed by atoms with van der Waals surface area (Å²) in [5.41, 5.74) is 1.59. The highest BCUT2D eigenvalue weighted by molar-refractivity contribution is 7.92. The van der Waals surface area contributed by atoms with Gasteiger partial charge in [-0.1, -0.05) is 86.6 Å². The molecule has 0 aliphatic carbocycles. The van der Waals surface area contributed by atoms with Crippen LogP contribution >= 0.6 is 0 Å². The van der Waals surface area contributed by atoms with Gasteiger partial charge in [0, 0.05) is 19.5 Å².